The van der Waals surface area contributed by atoms with Gasteiger partial charge in [-0.15, -0.1) is 5.10 Å². The summed E-state index contributed by atoms with van der Waals surface area (Å²) in [7, 11) is -3.55. The van der Waals surface area contributed by atoms with Crippen molar-refractivity contribution in [3.8, 4) is 5.69 Å². The molecule has 1 aromatic carbocycles. The molecule has 0 bridgehead atoms. The summed E-state index contributed by atoms with van der Waals surface area (Å²) >= 11 is 0.794. The molecule has 8 nitrogen and oxygen atoms in total. The summed E-state index contributed by atoms with van der Waals surface area (Å²) in [6, 6.07) is 11.8. The average Bonchev–Trinajstić information content (AvgIpc) is 3.27. The smallest absolute Gasteiger partial charge is 0.283 e. The molecule has 0 atom stereocenters. The van der Waals surface area contributed by atoms with Gasteiger partial charge in [-0.1, -0.05) is 25.1 Å². The summed E-state index contributed by atoms with van der Waals surface area (Å²) < 4.78 is 26.2. The number of benzene rings is 1. The predicted molar refractivity (Wildman–Crippen MR) is 120 cm³/mol. The fourth-order valence-electron chi connectivity index (χ4n) is 3.29. The Morgan fingerprint density at radius 1 is 1.20 bits per heavy atom. The van der Waals surface area contributed by atoms with E-state index >= 15 is 0 Å². The highest BCUT2D eigenvalue weighted by atomic mass is 32.3. The van der Waals surface area contributed by atoms with E-state index in [4.69, 9.17) is 5.41 Å². The van der Waals surface area contributed by atoms with Gasteiger partial charge in [0.2, 0.25) is 19.4 Å². The standard InChI is InChI=1S/C20H19N5O3S2/c1-4-30(27,28)20-23-25-17(21)16(18(26)22-19(25)29-20)11-14-10-12(2)24(13(14)3)15-8-6-5-7-9-15/h5-11,21H,4H2,1-3H3/b16-11-,21-17?. The number of sulfone groups is 1. The SMILES string of the molecule is CCS(=O)(=O)C1=NN2C(=N)/C(=C/c3cc(C)n(-c4ccccc4)c3C)C(=O)N=C2S1. The Bertz CT molecular complexity index is 1270. The minimum Gasteiger partial charge on any atom is -0.318 e. The number of amides is 1. The van der Waals surface area contributed by atoms with E-state index in [1.165, 1.54) is 6.92 Å². The first kappa shape index (κ1) is 20.3. The summed E-state index contributed by atoms with van der Waals surface area (Å²) in [5, 5.41) is 13.7. The highest BCUT2D eigenvalue weighted by Crippen LogP contribution is 2.31. The minimum absolute atomic E-state index is 0.0616. The second-order valence-corrected chi connectivity index (χ2v) is 10.2. The zero-order valence-corrected chi connectivity index (χ0v) is 18.2. The predicted octanol–water partition coefficient (Wildman–Crippen LogP) is 3.11. The van der Waals surface area contributed by atoms with Gasteiger partial charge < -0.3 is 4.57 Å². The summed E-state index contributed by atoms with van der Waals surface area (Å²) in [6.45, 7) is 5.42. The van der Waals surface area contributed by atoms with Crippen LogP contribution in [0.1, 0.15) is 23.9 Å². The number of carbonyl (C=O) groups is 1. The van der Waals surface area contributed by atoms with E-state index < -0.39 is 15.7 Å². The number of carbonyl (C=O) groups excluding carboxylic acids is 1. The number of thioether (sulfide) groups is 1. The monoisotopic (exact) mass is 441 g/mol. The second kappa shape index (κ2) is 7.37. The fourth-order valence-corrected chi connectivity index (χ4v) is 5.45. The van der Waals surface area contributed by atoms with Gasteiger partial charge in [-0.25, -0.2) is 8.42 Å². The molecule has 0 saturated carbocycles. The molecule has 1 amide bonds. The molecule has 0 saturated heterocycles. The lowest BCUT2D eigenvalue weighted by Crippen LogP contribution is -2.35. The van der Waals surface area contributed by atoms with Crippen molar-refractivity contribution in [2.75, 3.05) is 5.75 Å². The van der Waals surface area contributed by atoms with Crippen LogP contribution < -0.4 is 0 Å². The lowest BCUT2D eigenvalue weighted by atomic mass is 10.1. The van der Waals surface area contributed by atoms with Crippen LogP contribution in [0, 0.1) is 19.3 Å². The van der Waals surface area contributed by atoms with Crippen LogP contribution in [0.3, 0.4) is 0 Å². The van der Waals surface area contributed by atoms with Crippen LogP contribution in [0.15, 0.2) is 52.1 Å². The number of rotatable bonds is 3. The Balaban J connectivity index is 1.75. The zero-order chi connectivity index (χ0) is 21.6. The number of hydrazone groups is 1. The third kappa shape index (κ3) is 3.31. The third-order valence-electron chi connectivity index (χ3n) is 4.87. The summed E-state index contributed by atoms with van der Waals surface area (Å²) in [5.74, 6) is -0.896. The summed E-state index contributed by atoms with van der Waals surface area (Å²) in [5.41, 5.74) is 3.73. The van der Waals surface area contributed by atoms with E-state index in [2.05, 4.69) is 14.7 Å². The number of amidine groups is 2. The van der Waals surface area contributed by atoms with Gasteiger partial charge in [-0.2, -0.15) is 10.0 Å². The van der Waals surface area contributed by atoms with E-state index in [1.54, 1.807) is 6.08 Å². The van der Waals surface area contributed by atoms with E-state index in [0.717, 1.165) is 39.4 Å². The average molecular weight is 442 g/mol. The fraction of sp³-hybridized carbons (Fsp3) is 0.200. The molecule has 3 heterocycles. The largest absolute Gasteiger partial charge is 0.318 e. The topological polar surface area (TPSA) is 108 Å². The van der Waals surface area contributed by atoms with Gasteiger partial charge >= 0.3 is 0 Å². The Kier molecular flexibility index (Phi) is 4.99. The molecule has 4 rings (SSSR count). The van der Waals surface area contributed by atoms with Gasteiger partial charge in [0.15, 0.2) is 5.84 Å². The first-order chi connectivity index (χ1) is 14.2. The number of hydrogen-bond donors (Lipinski definition) is 1. The van der Waals surface area contributed by atoms with Crippen molar-refractivity contribution in [3.63, 3.8) is 0 Å². The van der Waals surface area contributed by atoms with Crippen molar-refractivity contribution in [1.29, 1.82) is 5.41 Å². The quantitative estimate of drug-likeness (QED) is 0.737. The van der Waals surface area contributed by atoms with Crippen molar-refractivity contribution < 1.29 is 13.2 Å². The third-order valence-corrected chi connectivity index (χ3v) is 7.96. The van der Waals surface area contributed by atoms with Crippen molar-refractivity contribution in [2.45, 2.75) is 20.8 Å². The molecule has 0 radical (unpaired) electrons. The number of para-hydroxylation sites is 1. The molecule has 0 spiro atoms. The highest BCUT2D eigenvalue weighted by molar-refractivity contribution is 8.42. The molecule has 154 valence electrons. The van der Waals surface area contributed by atoms with Crippen LogP contribution in [0.2, 0.25) is 0 Å². The number of hydrogen-bond acceptors (Lipinski definition) is 6. The van der Waals surface area contributed by atoms with Crippen LogP contribution >= 0.6 is 11.8 Å². The molecule has 0 aliphatic carbocycles. The lowest BCUT2D eigenvalue weighted by Gasteiger charge is -2.20. The van der Waals surface area contributed by atoms with Gasteiger partial charge in [-0.3, -0.25) is 10.2 Å². The van der Waals surface area contributed by atoms with Crippen LogP contribution in [-0.2, 0) is 14.6 Å². The summed E-state index contributed by atoms with van der Waals surface area (Å²) in [4.78, 5) is 16.6. The van der Waals surface area contributed by atoms with Gasteiger partial charge in [0.25, 0.3) is 5.91 Å². The van der Waals surface area contributed by atoms with Gasteiger partial charge in [0.1, 0.15) is 0 Å². The highest BCUT2D eigenvalue weighted by Gasteiger charge is 2.39. The first-order valence-electron chi connectivity index (χ1n) is 9.20. The van der Waals surface area contributed by atoms with Crippen LogP contribution in [0.4, 0.5) is 0 Å². The molecule has 2 aliphatic rings. The normalized spacial score (nSPS) is 18.0. The Morgan fingerprint density at radius 3 is 2.57 bits per heavy atom. The molecule has 1 aromatic heterocycles. The molecule has 10 heteroatoms. The summed E-state index contributed by atoms with van der Waals surface area (Å²) in [6.07, 6.45) is 1.61. The minimum atomic E-state index is -3.55. The maximum Gasteiger partial charge on any atom is 0.283 e. The molecule has 2 aromatic rings. The van der Waals surface area contributed by atoms with Crippen LogP contribution in [0.25, 0.3) is 11.8 Å². The van der Waals surface area contributed by atoms with E-state index in [0.29, 0.717) is 0 Å². The molecule has 2 aliphatic heterocycles. The number of aryl methyl sites for hydroxylation is 1. The Morgan fingerprint density at radius 2 is 1.90 bits per heavy atom. The Labute approximate surface area is 178 Å². The maximum atomic E-state index is 12.6. The molecule has 0 unspecified atom stereocenters. The van der Waals surface area contributed by atoms with E-state index in [1.807, 2.05) is 50.2 Å². The van der Waals surface area contributed by atoms with Crippen molar-refractivity contribution >= 4 is 49.0 Å². The lowest BCUT2D eigenvalue weighted by molar-refractivity contribution is -0.114. The van der Waals surface area contributed by atoms with E-state index in [-0.39, 0.29) is 26.7 Å². The van der Waals surface area contributed by atoms with Crippen molar-refractivity contribution in [1.82, 2.24) is 9.58 Å². The Hall–Kier alpha value is -2.98. The van der Waals surface area contributed by atoms with E-state index in [9.17, 15) is 13.2 Å². The van der Waals surface area contributed by atoms with Crippen molar-refractivity contribution in [3.05, 3.63) is 58.9 Å². The van der Waals surface area contributed by atoms with Gasteiger partial charge in [0.05, 0.1) is 11.3 Å². The van der Waals surface area contributed by atoms with Crippen LogP contribution in [-0.4, -0.2) is 45.0 Å². The number of aliphatic imine (C=N–C) groups is 1. The second-order valence-electron chi connectivity index (χ2n) is 6.79. The molecular weight excluding hydrogens is 422 g/mol. The van der Waals surface area contributed by atoms with Crippen molar-refractivity contribution in [2.24, 2.45) is 10.1 Å². The first-order valence-corrected chi connectivity index (χ1v) is 11.7. The maximum absolute atomic E-state index is 12.6. The van der Waals surface area contributed by atoms with Crippen LogP contribution in [0.5, 0.6) is 0 Å². The van der Waals surface area contributed by atoms with Gasteiger partial charge in [-0.05, 0) is 55.4 Å². The zero-order valence-electron chi connectivity index (χ0n) is 16.6. The van der Waals surface area contributed by atoms with Gasteiger partial charge in [0, 0.05) is 17.1 Å². The number of aromatic nitrogens is 1. The number of fused-ring (bicyclic) bond motifs is 1. The molecular formula is C20H19N5O3S2. The number of nitrogens with zero attached hydrogens (tertiary/aromatic N) is 4. The molecule has 0 fully saturated rings. The molecule has 1 N–H and O–H groups in total. The number of nitrogens with one attached hydrogen (secondary N) is 1. The molecule has 30 heavy (non-hydrogen) atoms.